The maximum atomic E-state index is 12.2. The van der Waals surface area contributed by atoms with Crippen LogP contribution in [0.2, 0.25) is 0 Å². The molecule has 1 amide bonds. The van der Waals surface area contributed by atoms with Gasteiger partial charge in [-0.1, -0.05) is 25.3 Å². The molecule has 0 aromatic heterocycles. The van der Waals surface area contributed by atoms with E-state index in [0.29, 0.717) is 12.6 Å². The van der Waals surface area contributed by atoms with E-state index in [9.17, 15) is 4.79 Å². The maximum absolute atomic E-state index is 12.2. The lowest BCUT2D eigenvalue weighted by atomic mass is 9.95. The van der Waals surface area contributed by atoms with Crippen LogP contribution in [0.25, 0.3) is 0 Å². The van der Waals surface area contributed by atoms with Crippen LogP contribution >= 0.6 is 0 Å². The molecule has 0 spiro atoms. The second kappa shape index (κ2) is 6.48. The van der Waals surface area contributed by atoms with Gasteiger partial charge < -0.3 is 11.1 Å². The third kappa shape index (κ3) is 3.76. The lowest BCUT2D eigenvalue weighted by molar-refractivity contribution is -0.123. The van der Waals surface area contributed by atoms with Crippen molar-refractivity contribution in [2.24, 2.45) is 0 Å². The molecule has 4 heteroatoms. The summed E-state index contributed by atoms with van der Waals surface area (Å²) in [4.78, 5) is 14.4. The number of hydrogen-bond donors (Lipinski definition) is 2. The van der Waals surface area contributed by atoms with E-state index in [4.69, 9.17) is 5.73 Å². The number of amides is 1. The van der Waals surface area contributed by atoms with Gasteiger partial charge in [0.25, 0.3) is 0 Å². The number of nitrogens with one attached hydrogen (secondary N) is 1. The van der Waals surface area contributed by atoms with E-state index in [1.165, 1.54) is 30.4 Å². The van der Waals surface area contributed by atoms with E-state index in [0.717, 1.165) is 38.0 Å². The molecular formula is C17H25N3O. The summed E-state index contributed by atoms with van der Waals surface area (Å²) in [6.45, 7) is 2.29. The first-order valence-electron chi connectivity index (χ1n) is 8.10. The summed E-state index contributed by atoms with van der Waals surface area (Å²) >= 11 is 0. The third-order valence-corrected chi connectivity index (χ3v) is 4.66. The molecule has 114 valence electrons. The van der Waals surface area contributed by atoms with Crippen LogP contribution in [-0.4, -0.2) is 29.9 Å². The molecule has 0 unspecified atom stereocenters. The summed E-state index contributed by atoms with van der Waals surface area (Å²) in [6, 6.07) is 6.52. The van der Waals surface area contributed by atoms with E-state index < -0.39 is 0 Å². The quantitative estimate of drug-likeness (QED) is 0.837. The lowest BCUT2D eigenvalue weighted by Crippen LogP contribution is -2.44. The van der Waals surface area contributed by atoms with Gasteiger partial charge in [0.15, 0.2) is 0 Å². The summed E-state index contributed by atoms with van der Waals surface area (Å²) < 4.78 is 0. The SMILES string of the molecule is Nc1ccc2c(c1)CN(CC(=O)NC1CCCCC1)CC2. The number of nitrogen functional groups attached to an aromatic ring is 1. The molecule has 0 saturated heterocycles. The maximum Gasteiger partial charge on any atom is 0.234 e. The largest absolute Gasteiger partial charge is 0.399 e. The Bertz CT molecular complexity index is 509. The zero-order valence-electron chi connectivity index (χ0n) is 12.6. The number of nitrogens with zero attached hydrogens (tertiary/aromatic N) is 1. The van der Waals surface area contributed by atoms with Gasteiger partial charge in [-0.15, -0.1) is 0 Å². The van der Waals surface area contributed by atoms with Crippen molar-refractivity contribution in [2.75, 3.05) is 18.8 Å². The average molecular weight is 287 g/mol. The van der Waals surface area contributed by atoms with Crippen LogP contribution in [0.15, 0.2) is 18.2 Å². The molecule has 1 aromatic carbocycles. The molecule has 3 N–H and O–H groups in total. The Hall–Kier alpha value is -1.55. The molecule has 0 atom stereocenters. The van der Waals surface area contributed by atoms with Crippen molar-refractivity contribution in [3.05, 3.63) is 29.3 Å². The third-order valence-electron chi connectivity index (χ3n) is 4.66. The number of rotatable bonds is 3. The fraction of sp³-hybridized carbons (Fsp3) is 0.588. The molecule has 0 radical (unpaired) electrons. The molecule has 0 bridgehead atoms. The molecule has 1 saturated carbocycles. The van der Waals surface area contributed by atoms with Crippen molar-refractivity contribution in [3.8, 4) is 0 Å². The van der Waals surface area contributed by atoms with E-state index in [-0.39, 0.29) is 5.91 Å². The number of carbonyl (C=O) groups is 1. The van der Waals surface area contributed by atoms with Crippen LogP contribution in [0.3, 0.4) is 0 Å². The second-order valence-corrected chi connectivity index (χ2v) is 6.39. The molecule has 2 aliphatic rings. The Morgan fingerprint density at radius 2 is 2.05 bits per heavy atom. The van der Waals surface area contributed by atoms with Crippen molar-refractivity contribution in [1.29, 1.82) is 0 Å². The van der Waals surface area contributed by atoms with Crippen molar-refractivity contribution in [2.45, 2.75) is 51.1 Å². The first-order valence-corrected chi connectivity index (χ1v) is 8.10. The van der Waals surface area contributed by atoms with Gasteiger partial charge in [-0.3, -0.25) is 9.69 Å². The Kier molecular flexibility index (Phi) is 4.44. The number of benzene rings is 1. The topological polar surface area (TPSA) is 58.4 Å². The van der Waals surface area contributed by atoms with Crippen LogP contribution in [-0.2, 0) is 17.8 Å². The van der Waals surface area contributed by atoms with Crippen LogP contribution in [0, 0.1) is 0 Å². The highest BCUT2D eigenvalue weighted by molar-refractivity contribution is 5.78. The van der Waals surface area contributed by atoms with Crippen LogP contribution in [0.5, 0.6) is 0 Å². The van der Waals surface area contributed by atoms with Gasteiger partial charge >= 0.3 is 0 Å². The smallest absolute Gasteiger partial charge is 0.234 e. The van der Waals surface area contributed by atoms with Crippen LogP contribution in [0.4, 0.5) is 5.69 Å². The van der Waals surface area contributed by atoms with Crippen molar-refractivity contribution in [1.82, 2.24) is 10.2 Å². The van der Waals surface area contributed by atoms with Gasteiger partial charge in [-0.05, 0) is 42.5 Å². The summed E-state index contributed by atoms with van der Waals surface area (Å²) in [6.07, 6.45) is 7.11. The molecule has 1 heterocycles. The second-order valence-electron chi connectivity index (χ2n) is 6.39. The predicted octanol–water partition coefficient (Wildman–Crippen LogP) is 2.08. The average Bonchev–Trinajstić information content (AvgIpc) is 2.47. The van der Waals surface area contributed by atoms with Crippen LogP contribution < -0.4 is 11.1 Å². The van der Waals surface area contributed by atoms with E-state index in [2.05, 4.69) is 16.3 Å². The van der Waals surface area contributed by atoms with Gasteiger partial charge in [0.1, 0.15) is 0 Å². The Morgan fingerprint density at radius 1 is 1.24 bits per heavy atom. The molecular weight excluding hydrogens is 262 g/mol. The highest BCUT2D eigenvalue weighted by Gasteiger charge is 2.20. The normalized spacial score (nSPS) is 20.0. The minimum absolute atomic E-state index is 0.175. The zero-order chi connectivity index (χ0) is 14.7. The van der Waals surface area contributed by atoms with Gasteiger partial charge in [-0.2, -0.15) is 0 Å². The monoisotopic (exact) mass is 287 g/mol. The van der Waals surface area contributed by atoms with Crippen molar-refractivity contribution < 1.29 is 4.79 Å². The lowest BCUT2D eigenvalue weighted by Gasteiger charge is -2.29. The highest BCUT2D eigenvalue weighted by Crippen LogP contribution is 2.21. The Morgan fingerprint density at radius 3 is 2.86 bits per heavy atom. The molecule has 1 fully saturated rings. The van der Waals surface area contributed by atoms with Gasteiger partial charge in [0, 0.05) is 24.8 Å². The van der Waals surface area contributed by atoms with Gasteiger partial charge in [0.05, 0.1) is 6.54 Å². The standard InChI is InChI=1S/C17H25N3O/c18-15-7-6-13-8-9-20(11-14(13)10-15)12-17(21)19-16-4-2-1-3-5-16/h6-7,10,16H,1-5,8-9,11-12,18H2,(H,19,21). The highest BCUT2D eigenvalue weighted by atomic mass is 16.2. The first-order chi connectivity index (χ1) is 10.2. The summed E-state index contributed by atoms with van der Waals surface area (Å²) in [7, 11) is 0. The molecule has 1 aliphatic carbocycles. The molecule has 1 aliphatic heterocycles. The zero-order valence-corrected chi connectivity index (χ0v) is 12.6. The summed E-state index contributed by atoms with van der Waals surface area (Å²) in [5.41, 5.74) is 9.30. The number of carbonyl (C=O) groups excluding carboxylic acids is 1. The van der Waals surface area contributed by atoms with Gasteiger partial charge in [0.2, 0.25) is 5.91 Å². The Balaban J connectivity index is 1.53. The predicted molar refractivity (Wildman–Crippen MR) is 84.9 cm³/mol. The number of fused-ring (bicyclic) bond motifs is 1. The minimum Gasteiger partial charge on any atom is -0.399 e. The summed E-state index contributed by atoms with van der Waals surface area (Å²) in [5, 5.41) is 3.20. The van der Waals surface area contributed by atoms with Crippen LogP contribution in [0.1, 0.15) is 43.2 Å². The van der Waals surface area contributed by atoms with Gasteiger partial charge in [-0.25, -0.2) is 0 Å². The fourth-order valence-electron chi connectivity index (χ4n) is 3.49. The van der Waals surface area contributed by atoms with E-state index >= 15 is 0 Å². The fourth-order valence-corrected chi connectivity index (χ4v) is 3.49. The molecule has 4 nitrogen and oxygen atoms in total. The number of hydrogen-bond acceptors (Lipinski definition) is 3. The van der Waals surface area contributed by atoms with E-state index in [1.54, 1.807) is 0 Å². The Labute approximate surface area is 126 Å². The first kappa shape index (κ1) is 14.4. The number of anilines is 1. The van der Waals surface area contributed by atoms with Crippen molar-refractivity contribution >= 4 is 11.6 Å². The molecule has 21 heavy (non-hydrogen) atoms. The number of nitrogens with two attached hydrogens (primary N) is 1. The van der Waals surface area contributed by atoms with E-state index in [1.807, 2.05) is 12.1 Å². The molecule has 1 aromatic rings. The van der Waals surface area contributed by atoms with Crippen molar-refractivity contribution in [3.63, 3.8) is 0 Å². The molecule has 3 rings (SSSR count). The minimum atomic E-state index is 0.175. The summed E-state index contributed by atoms with van der Waals surface area (Å²) in [5.74, 6) is 0.175.